The van der Waals surface area contributed by atoms with Crippen LogP contribution >= 0.6 is 0 Å². The van der Waals surface area contributed by atoms with E-state index in [0.717, 1.165) is 68.8 Å². The highest BCUT2D eigenvalue weighted by Crippen LogP contribution is 2.21. The van der Waals surface area contributed by atoms with Gasteiger partial charge in [-0.2, -0.15) is 5.10 Å². The standard InChI is InChI=1S/C32H45N5O3/c1-3-4-5-6-7-8-21-40-31(38)25-36-16-15-27-22-28(11-12-29(27)24-36)32(39)34-30-13-9-26(10-14-30)23-33-37-19-17-35(2)18-20-37/h9-14,22-23H,3-8,15-21,24-25H2,1-2H3,(H,34,39)/b33-23+. The van der Waals surface area contributed by atoms with Crippen LogP contribution in [0.4, 0.5) is 5.69 Å². The summed E-state index contributed by atoms with van der Waals surface area (Å²) in [4.78, 5) is 29.6. The molecular weight excluding hydrogens is 502 g/mol. The molecular formula is C32H45N5O3. The Hall–Kier alpha value is -3.23. The van der Waals surface area contributed by atoms with Crippen molar-refractivity contribution in [2.24, 2.45) is 5.10 Å². The second-order valence-electron chi connectivity index (χ2n) is 11.0. The highest BCUT2D eigenvalue weighted by Gasteiger charge is 2.20. The van der Waals surface area contributed by atoms with Crippen molar-refractivity contribution >= 4 is 23.8 Å². The minimum atomic E-state index is -0.148. The van der Waals surface area contributed by atoms with E-state index in [0.29, 0.717) is 25.3 Å². The molecule has 0 bridgehead atoms. The smallest absolute Gasteiger partial charge is 0.320 e. The number of amides is 1. The van der Waals surface area contributed by atoms with Crippen LogP contribution in [-0.4, -0.2) is 85.8 Å². The van der Waals surface area contributed by atoms with E-state index in [9.17, 15) is 9.59 Å². The van der Waals surface area contributed by atoms with Crippen LogP contribution in [0, 0.1) is 0 Å². The average Bonchev–Trinajstić information content (AvgIpc) is 2.97. The Morgan fingerprint density at radius 2 is 1.68 bits per heavy atom. The number of esters is 1. The van der Waals surface area contributed by atoms with E-state index in [2.05, 4.69) is 39.2 Å². The van der Waals surface area contributed by atoms with Crippen molar-refractivity contribution in [2.45, 2.75) is 58.4 Å². The molecule has 4 rings (SSSR count). The lowest BCUT2D eigenvalue weighted by Crippen LogP contribution is -2.41. The molecule has 2 aromatic rings. The number of hydrazone groups is 1. The number of unbranched alkanes of at least 4 members (excludes halogenated alkanes) is 5. The summed E-state index contributed by atoms with van der Waals surface area (Å²) >= 11 is 0. The molecule has 0 aliphatic carbocycles. The molecule has 1 amide bonds. The van der Waals surface area contributed by atoms with E-state index in [1.165, 1.54) is 31.2 Å². The quantitative estimate of drug-likeness (QED) is 0.221. The molecule has 8 heteroatoms. The largest absolute Gasteiger partial charge is 0.465 e. The summed E-state index contributed by atoms with van der Waals surface area (Å²) in [7, 11) is 2.13. The number of fused-ring (bicyclic) bond motifs is 1. The van der Waals surface area contributed by atoms with Crippen molar-refractivity contribution in [3.63, 3.8) is 0 Å². The van der Waals surface area contributed by atoms with Crippen molar-refractivity contribution in [3.8, 4) is 0 Å². The zero-order chi connectivity index (χ0) is 28.2. The average molecular weight is 548 g/mol. The predicted molar refractivity (Wildman–Crippen MR) is 161 cm³/mol. The highest BCUT2D eigenvalue weighted by molar-refractivity contribution is 6.04. The summed E-state index contributed by atoms with van der Waals surface area (Å²) in [6.45, 7) is 8.44. The lowest BCUT2D eigenvalue weighted by molar-refractivity contribution is -0.145. The van der Waals surface area contributed by atoms with Gasteiger partial charge in [0.15, 0.2) is 0 Å². The van der Waals surface area contributed by atoms with Crippen LogP contribution in [0.15, 0.2) is 47.6 Å². The molecule has 0 saturated carbocycles. The second kappa shape index (κ2) is 15.5. The van der Waals surface area contributed by atoms with Crippen molar-refractivity contribution < 1.29 is 14.3 Å². The Kier molecular flexibility index (Phi) is 11.5. The van der Waals surface area contributed by atoms with Gasteiger partial charge in [0.1, 0.15) is 0 Å². The highest BCUT2D eigenvalue weighted by atomic mass is 16.5. The molecule has 216 valence electrons. The van der Waals surface area contributed by atoms with Crippen LogP contribution in [0.5, 0.6) is 0 Å². The number of nitrogens with zero attached hydrogens (tertiary/aromatic N) is 4. The molecule has 2 aliphatic heterocycles. The number of benzene rings is 2. The number of piperazine rings is 1. The van der Waals surface area contributed by atoms with Gasteiger partial charge in [-0.1, -0.05) is 57.2 Å². The van der Waals surface area contributed by atoms with Gasteiger partial charge in [-0.05, 0) is 60.8 Å². The van der Waals surface area contributed by atoms with Gasteiger partial charge in [0.25, 0.3) is 5.91 Å². The van der Waals surface area contributed by atoms with E-state index < -0.39 is 0 Å². The lowest BCUT2D eigenvalue weighted by atomic mass is 9.97. The summed E-state index contributed by atoms with van der Waals surface area (Å²) in [5.41, 5.74) is 4.73. The maximum Gasteiger partial charge on any atom is 0.320 e. The predicted octanol–water partition coefficient (Wildman–Crippen LogP) is 4.78. The SMILES string of the molecule is CCCCCCCCOC(=O)CN1CCc2cc(C(=O)Nc3ccc(/C=N/N4CCN(C)CC4)cc3)ccc2C1. The molecule has 2 aliphatic rings. The third kappa shape index (κ3) is 9.45. The van der Waals surface area contributed by atoms with E-state index in [4.69, 9.17) is 4.74 Å². The van der Waals surface area contributed by atoms with Crippen LogP contribution in [0.1, 0.15) is 72.5 Å². The van der Waals surface area contributed by atoms with Gasteiger partial charge in [-0.15, -0.1) is 0 Å². The van der Waals surface area contributed by atoms with Crippen molar-refractivity contribution in [2.75, 3.05) is 58.2 Å². The zero-order valence-corrected chi connectivity index (χ0v) is 24.2. The first-order valence-electron chi connectivity index (χ1n) is 14.9. The number of carbonyl (C=O) groups excluding carboxylic acids is 2. The molecule has 1 saturated heterocycles. The number of rotatable bonds is 13. The van der Waals surface area contributed by atoms with Crippen LogP contribution in [0.3, 0.4) is 0 Å². The first kappa shape index (κ1) is 29.7. The summed E-state index contributed by atoms with van der Waals surface area (Å²) in [5.74, 6) is -0.271. The molecule has 1 fully saturated rings. The van der Waals surface area contributed by atoms with Gasteiger partial charge >= 0.3 is 5.97 Å². The Labute approximate surface area is 239 Å². The topological polar surface area (TPSA) is 77.5 Å². The van der Waals surface area contributed by atoms with E-state index in [1.54, 1.807) is 0 Å². The van der Waals surface area contributed by atoms with Crippen LogP contribution in [0.2, 0.25) is 0 Å². The van der Waals surface area contributed by atoms with Gasteiger partial charge in [-0.3, -0.25) is 19.5 Å². The summed E-state index contributed by atoms with van der Waals surface area (Å²) in [6.07, 6.45) is 9.75. The minimum Gasteiger partial charge on any atom is -0.465 e. The molecule has 1 N–H and O–H groups in total. The van der Waals surface area contributed by atoms with E-state index >= 15 is 0 Å². The normalized spacial score (nSPS) is 16.2. The van der Waals surface area contributed by atoms with Gasteiger partial charge in [0, 0.05) is 50.5 Å². The van der Waals surface area contributed by atoms with E-state index in [-0.39, 0.29) is 11.9 Å². The maximum absolute atomic E-state index is 12.9. The fourth-order valence-corrected chi connectivity index (χ4v) is 5.10. The fourth-order valence-electron chi connectivity index (χ4n) is 5.10. The number of nitrogens with one attached hydrogen (secondary N) is 1. The fraction of sp³-hybridized carbons (Fsp3) is 0.531. The van der Waals surface area contributed by atoms with Crippen LogP contribution in [0.25, 0.3) is 0 Å². The van der Waals surface area contributed by atoms with Gasteiger partial charge in [0.2, 0.25) is 0 Å². The molecule has 40 heavy (non-hydrogen) atoms. The number of hydrogen-bond acceptors (Lipinski definition) is 7. The van der Waals surface area contributed by atoms with Crippen molar-refractivity contribution in [1.82, 2.24) is 14.8 Å². The number of carbonyl (C=O) groups is 2. The second-order valence-corrected chi connectivity index (χ2v) is 11.0. The van der Waals surface area contributed by atoms with Crippen LogP contribution in [-0.2, 0) is 22.5 Å². The summed E-state index contributed by atoms with van der Waals surface area (Å²) in [6, 6.07) is 13.6. The molecule has 0 aromatic heterocycles. The minimum absolute atomic E-state index is 0.123. The van der Waals surface area contributed by atoms with E-state index in [1.807, 2.05) is 48.7 Å². The third-order valence-corrected chi connectivity index (χ3v) is 7.69. The monoisotopic (exact) mass is 547 g/mol. The molecule has 0 unspecified atom stereocenters. The zero-order valence-electron chi connectivity index (χ0n) is 24.2. The third-order valence-electron chi connectivity index (χ3n) is 7.69. The molecule has 0 radical (unpaired) electrons. The lowest BCUT2D eigenvalue weighted by Gasteiger charge is -2.30. The van der Waals surface area contributed by atoms with Gasteiger partial charge in [-0.25, -0.2) is 0 Å². The Bertz CT molecular complexity index is 1130. The molecule has 2 aromatic carbocycles. The van der Waals surface area contributed by atoms with Crippen LogP contribution < -0.4 is 5.32 Å². The number of likely N-dealkylation sites (N-methyl/N-ethyl adjacent to an activating group) is 1. The number of anilines is 1. The number of hydrogen-bond donors (Lipinski definition) is 1. The molecule has 0 atom stereocenters. The Morgan fingerprint density at radius 3 is 2.45 bits per heavy atom. The molecule has 2 heterocycles. The Morgan fingerprint density at radius 1 is 0.925 bits per heavy atom. The maximum atomic E-state index is 12.9. The Balaban J connectivity index is 1.20. The number of ether oxygens (including phenoxy) is 1. The van der Waals surface area contributed by atoms with Gasteiger partial charge < -0.3 is 15.0 Å². The first-order chi connectivity index (χ1) is 19.5. The van der Waals surface area contributed by atoms with Crippen molar-refractivity contribution in [3.05, 3.63) is 64.7 Å². The van der Waals surface area contributed by atoms with Gasteiger partial charge in [0.05, 0.1) is 19.4 Å². The molecule has 8 nitrogen and oxygen atoms in total. The van der Waals surface area contributed by atoms with Crippen molar-refractivity contribution in [1.29, 1.82) is 0 Å². The summed E-state index contributed by atoms with van der Waals surface area (Å²) < 4.78 is 5.45. The first-order valence-corrected chi connectivity index (χ1v) is 14.9. The molecule has 0 spiro atoms. The summed E-state index contributed by atoms with van der Waals surface area (Å²) in [5, 5.41) is 9.68.